The standard InChI is InChI=1S/C16H15F4N3O3/c1-3-10-12(14(21)23(2)22-10)15(25)26-7-11(24)8-5-4-6-9(13(8)17)16(18,19)20/h4-6H,3,7,21H2,1-2H3. The summed E-state index contributed by atoms with van der Waals surface area (Å²) < 4.78 is 58.1. The second-order valence-corrected chi connectivity index (χ2v) is 5.35. The van der Waals surface area contributed by atoms with Crippen LogP contribution in [0.25, 0.3) is 0 Å². The highest BCUT2D eigenvalue weighted by atomic mass is 19.4. The molecule has 2 rings (SSSR count). The van der Waals surface area contributed by atoms with Crippen molar-refractivity contribution in [3.63, 3.8) is 0 Å². The lowest BCUT2D eigenvalue weighted by atomic mass is 10.1. The number of rotatable bonds is 5. The van der Waals surface area contributed by atoms with Crippen molar-refractivity contribution in [2.75, 3.05) is 12.3 Å². The molecule has 6 nitrogen and oxygen atoms in total. The SMILES string of the molecule is CCc1nn(C)c(N)c1C(=O)OCC(=O)c1cccc(C(F)(F)F)c1F. The van der Waals surface area contributed by atoms with Crippen molar-refractivity contribution in [1.82, 2.24) is 9.78 Å². The first-order valence-electron chi connectivity index (χ1n) is 7.45. The maximum atomic E-state index is 13.9. The van der Waals surface area contributed by atoms with Gasteiger partial charge in [-0.15, -0.1) is 0 Å². The van der Waals surface area contributed by atoms with Gasteiger partial charge in [-0.3, -0.25) is 9.48 Å². The molecule has 0 bridgehead atoms. The zero-order valence-corrected chi connectivity index (χ0v) is 13.9. The highest BCUT2D eigenvalue weighted by molar-refractivity contribution is 6.01. The molecule has 2 N–H and O–H groups in total. The van der Waals surface area contributed by atoms with Crippen molar-refractivity contribution in [2.45, 2.75) is 19.5 Å². The lowest BCUT2D eigenvalue weighted by molar-refractivity contribution is -0.140. The Kier molecular flexibility index (Phi) is 5.33. The lowest BCUT2D eigenvalue weighted by Gasteiger charge is -2.11. The monoisotopic (exact) mass is 373 g/mol. The average Bonchev–Trinajstić information content (AvgIpc) is 2.86. The van der Waals surface area contributed by atoms with Crippen LogP contribution in [-0.2, 0) is 24.4 Å². The van der Waals surface area contributed by atoms with Crippen molar-refractivity contribution in [3.8, 4) is 0 Å². The molecule has 2 aromatic rings. The van der Waals surface area contributed by atoms with Gasteiger partial charge in [0.1, 0.15) is 17.2 Å². The van der Waals surface area contributed by atoms with E-state index in [4.69, 9.17) is 10.5 Å². The molecule has 140 valence electrons. The molecule has 0 unspecified atom stereocenters. The first kappa shape index (κ1) is 19.4. The van der Waals surface area contributed by atoms with Crippen LogP contribution in [0.4, 0.5) is 23.4 Å². The maximum Gasteiger partial charge on any atom is 0.419 e. The third kappa shape index (κ3) is 3.68. The molecule has 0 radical (unpaired) electrons. The van der Waals surface area contributed by atoms with Crippen molar-refractivity contribution in [3.05, 3.63) is 46.4 Å². The highest BCUT2D eigenvalue weighted by Gasteiger charge is 2.35. The summed E-state index contributed by atoms with van der Waals surface area (Å²) in [5, 5.41) is 4.01. The Morgan fingerprint density at radius 2 is 1.96 bits per heavy atom. The molecule has 26 heavy (non-hydrogen) atoms. The minimum Gasteiger partial charge on any atom is -0.454 e. The van der Waals surface area contributed by atoms with Crippen molar-refractivity contribution in [2.24, 2.45) is 7.05 Å². The maximum absolute atomic E-state index is 13.9. The molecule has 1 aromatic heterocycles. The van der Waals surface area contributed by atoms with Gasteiger partial charge in [0.15, 0.2) is 6.61 Å². The first-order chi connectivity index (χ1) is 12.1. The summed E-state index contributed by atoms with van der Waals surface area (Å²) >= 11 is 0. The number of esters is 1. The largest absolute Gasteiger partial charge is 0.454 e. The molecule has 0 saturated heterocycles. The Labute approximate surface area is 145 Å². The summed E-state index contributed by atoms with van der Waals surface area (Å²) in [6.45, 7) is 0.788. The molecular formula is C16H15F4N3O3. The van der Waals surface area contributed by atoms with Crippen LogP contribution in [0, 0.1) is 5.82 Å². The van der Waals surface area contributed by atoms with Crippen LogP contribution >= 0.6 is 0 Å². The van der Waals surface area contributed by atoms with Crippen LogP contribution in [0.1, 0.15) is 38.9 Å². The van der Waals surface area contributed by atoms with Crippen molar-refractivity contribution in [1.29, 1.82) is 0 Å². The number of anilines is 1. The zero-order valence-electron chi connectivity index (χ0n) is 13.9. The fourth-order valence-corrected chi connectivity index (χ4v) is 2.31. The van der Waals surface area contributed by atoms with E-state index < -0.39 is 41.5 Å². The predicted octanol–water partition coefficient (Wildman–Crippen LogP) is 2.76. The molecule has 0 aliphatic carbocycles. The number of aryl methyl sites for hydroxylation is 2. The Morgan fingerprint density at radius 3 is 2.54 bits per heavy atom. The summed E-state index contributed by atoms with van der Waals surface area (Å²) in [5.41, 5.74) is 3.64. The van der Waals surface area contributed by atoms with E-state index in [2.05, 4.69) is 5.10 Å². The Hall–Kier alpha value is -2.91. The van der Waals surface area contributed by atoms with Gasteiger partial charge < -0.3 is 10.5 Å². The quantitative estimate of drug-likeness (QED) is 0.495. The number of benzene rings is 1. The highest BCUT2D eigenvalue weighted by Crippen LogP contribution is 2.32. The number of carbonyl (C=O) groups excluding carboxylic acids is 2. The van der Waals surface area contributed by atoms with E-state index in [9.17, 15) is 27.2 Å². The Balaban J connectivity index is 2.19. The van der Waals surface area contributed by atoms with Gasteiger partial charge in [0.25, 0.3) is 0 Å². The van der Waals surface area contributed by atoms with Crippen LogP contribution in [-0.4, -0.2) is 28.1 Å². The van der Waals surface area contributed by atoms with Gasteiger partial charge in [-0.25, -0.2) is 9.18 Å². The van der Waals surface area contributed by atoms with Crippen molar-refractivity contribution < 1.29 is 31.9 Å². The fraction of sp³-hybridized carbons (Fsp3) is 0.312. The number of nitrogens with zero attached hydrogens (tertiary/aromatic N) is 2. The van der Waals surface area contributed by atoms with Gasteiger partial charge in [-0.2, -0.15) is 18.3 Å². The topological polar surface area (TPSA) is 87.2 Å². The molecule has 0 aliphatic rings. The van der Waals surface area contributed by atoms with Gasteiger partial charge >= 0.3 is 12.1 Å². The zero-order chi connectivity index (χ0) is 19.6. The third-order valence-electron chi connectivity index (χ3n) is 3.64. The van der Waals surface area contributed by atoms with Gasteiger partial charge in [-0.05, 0) is 18.6 Å². The lowest BCUT2D eigenvalue weighted by Crippen LogP contribution is -2.19. The number of hydrogen-bond acceptors (Lipinski definition) is 5. The molecule has 0 amide bonds. The van der Waals surface area contributed by atoms with E-state index in [1.54, 1.807) is 6.92 Å². The number of nitrogen functional groups attached to an aromatic ring is 1. The van der Waals surface area contributed by atoms with E-state index >= 15 is 0 Å². The van der Waals surface area contributed by atoms with E-state index in [1.807, 2.05) is 0 Å². The van der Waals surface area contributed by atoms with Crippen molar-refractivity contribution >= 4 is 17.6 Å². The molecular weight excluding hydrogens is 358 g/mol. The number of halogens is 4. The second-order valence-electron chi connectivity index (χ2n) is 5.35. The summed E-state index contributed by atoms with van der Waals surface area (Å²) in [6.07, 6.45) is -4.58. The van der Waals surface area contributed by atoms with Gasteiger partial charge in [0.05, 0.1) is 16.8 Å². The number of alkyl halides is 3. The number of nitrogens with two attached hydrogens (primary N) is 1. The Morgan fingerprint density at radius 1 is 1.31 bits per heavy atom. The van der Waals surface area contributed by atoms with Gasteiger partial charge in [0.2, 0.25) is 5.78 Å². The molecule has 0 saturated carbocycles. The number of ether oxygens (including phenoxy) is 1. The van der Waals surface area contributed by atoms with Gasteiger partial charge in [-0.1, -0.05) is 13.0 Å². The number of ketones is 1. The smallest absolute Gasteiger partial charge is 0.419 e. The molecule has 1 aromatic carbocycles. The summed E-state index contributed by atoms with van der Waals surface area (Å²) in [5.74, 6) is -3.77. The second kappa shape index (κ2) is 7.14. The van der Waals surface area contributed by atoms with Crippen LogP contribution in [0.15, 0.2) is 18.2 Å². The van der Waals surface area contributed by atoms with Crippen LogP contribution in [0.5, 0.6) is 0 Å². The summed E-state index contributed by atoms with van der Waals surface area (Å²) in [7, 11) is 1.51. The predicted molar refractivity (Wildman–Crippen MR) is 83.0 cm³/mol. The molecule has 0 fully saturated rings. The number of hydrogen-bond donors (Lipinski definition) is 1. The average molecular weight is 373 g/mol. The summed E-state index contributed by atoms with van der Waals surface area (Å²) in [4.78, 5) is 24.1. The van der Waals surface area contributed by atoms with Crippen LogP contribution < -0.4 is 5.73 Å². The van der Waals surface area contributed by atoms with E-state index in [0.717, 1.165) is 12.1 Å². The molecule has 0 spiro atoms. The first-order valence-corrected chi connectivity index (χ1v) is 7.45. The van der Waals surface area contributed by atoms with Gasteiger partial charge in [0, 0.05) is 7.05 Å². The van der Waals surface area contributed by atoms with Crippen LogP contribution in [0.2, 0.25) is 0 Å². The molecule has 10 heteroatoms. The molecule has 1 heterocycles. The molecule has 0 atom stereocenters. The number of aromatic nitrogens is 2. The van der Waals surface area contributed by atoms with E-state index in [0.29, 0.717) is 18.2 Å². The van der Waals surface area contributed by atoms with E-state index in [1.165, 1.54) is 11.7 Å². The summed E-state index contributed by atoms with van der Waals surface area (Å²) in [6, 6.07) is 2.30. The number of carbonyl (C=O) groups is 2. The number of Topliss-reactive ketones (excluding diaryl/α,β-unsaturated/α-hetero) is 1. The van der Waals surface area contributed by atoms with E-state index in [-0.39, 0.29) is 11.4 Å². The normalized spacial score (nSPS) is 11.5. The fourth-order valence-electron chi connectivity index (χ4n) is 2.31. The minimum absolute atomic E-state index is 0.0181. The van der Waals surface area contributed by atoms with Crippen LogP contribution in [0.3, 0.4) is 0 Å². The molecule has 0 aliphatic heterocycles. The third-order valence-corrected chi connectivity index (χ3v) is 3.64. The minimum atomic E-state index is -4.95. The Bertz CT molecular complexity index is 859.